The monoisotopic (exact) mass is 264 g/mol. The van der Waals surface area contributed by atoms with Crippen LogP contribution in [0.5, 0.6) is 0 Å². The highest BCUT2D eigenvalue weighted by Crippen LogP contribution is 2.28. The van der Waals surface area contributed by atoms with Gasteiger partial charge in [0.1, 0.15) is 11.9 Å². The molecule has 3 rings (SSSR count). The zero-order valence-corrected chi connectivity index (χ0v) is 10.9. The number of rotatable bonds is 2. The molecular weight excluding hydrogens is 252 g/mol. The third-order valence-electron chi connectivity index (χ3n) is 3.08. The molecule has 0 aliphatic carbocycles. The predicted molar refractivity (Wildman–Crippen MR) is 76.6 cm³/mol. The number of para-hydroxylation sites is 1. The van der Waals surface area contributed by atoms with E-state index in [0.717, 1.165) is 5.69 Å². The van der Waals surface area contributed by atoms with E-state index < -0.39 is 0 Å². The van der Waals surface area contributed by atoms with Gasteiger partial charge in [0, 0.05) is 19.4 Å². The fourth-order valence-corrected chi connectivity index (χ4v) is 2.13. The Labute approximate surface area is 115 Å². The van der Waals surface area contributed by atoms with Gasteiger partial charge in [-0.3, -0.25) is 0 Å². The summed E-state index contributed by atoms with van der Waals surface area (Å²) in [5.41, 5.74) is 7.84. The number of anilines is 3. The molecule has 2 N–H and O–H groups in total. The second kappa shape index (κ2) is 4.55. The fourth-order valence-electron chi connectivity index (χ4n) is 2.13. The van der Waals surface area contributed by atoms with Crippen molar-refractivity contribution < 1.29 is 0 Å². The molecule has 0 saturated heterocycles. The van der Waals surface area contributed by atoms with Gasteiger partial charge in [0.05, 0.1) is 17.4 Å². The molecule has 0 radical (unpaired) electrons. The van der Waals surface area contributed by atoms with Crippen molar-refractivity contribution in [1.29, 1.82) is 5.26 Å². The average molecular weight is 264 g/mol. The molecule has 0 fully saturated rings. The van der Waals surface area contributed by atoms with Crippen LogP contribution in [0.15, 0.2) is 42.9 Å². The standard InChI is InChI=1S/C14H12N6/c1-19(11-5-3-2-4-10(11)8-15)14-13-17-6-7-20(13)9-12(16)18-14/h2-7,9H,16H2,1H3. The Morgan fingerprint density at radius 3 is 2.95 bits per heavy atom. The quantitative estimate of drug-likeness (QED) is 0.764. The van der Waals surface area contributed by atoms with Crippen molar-refractivity contribution in [2.45, 2.75) is 0 Å². The molecule has 0 bridgehead atoms. The summed E-state index contributed by atoms with van der Waals surface area (Å²) < 4.78 is 1.81. The molecule has 98 valence electrons. The summed E-state index contributed by atoms with van der Waals surface area (Å²) in [5, 5.41) is 9.20. The minimum Gasteiger partial charge on any atom is -0.382 e. The van der Waals surface area contributed by atoms with Crippen molar-refractivity contribution >= 4 is 23.0 Å². The molecule has 0 unspecified atom stereocenters. The van der Waals surface area contributed by atoms with Gasteiger partial charge >= 0.3 is 0 Å². The van der Waals surface area contributed by atoms with Crippen LogP contribution in [0.2, 0.25) is 0 Å². The summed E-state index contributed by atoms with van der Waals surface area (Å²) in [5.74, 6) is 1.00. The van der Waals surface area contributed by atoms with E-state index in [4.69, 9.17) is 5.73 Å². The third kappa shape index (κ3) is 1.82. The molecule has 2 heterocycles. The second-order valence-corrected chi connectivity index (χ2v) is 4.34. The summed E-state index contributed by atoms with van der Waals surface area (Å²) in [6.45, 7) is 0. The lowest BCUT2D eigenvalue weighted by atomic mass is 10.2. The summed E-state index contributed by atoms with van der Waals surface area (Å²) >= 11 is 0. The molecule has 2 aromatic heterocycles. The lowest BCUT2D eigenvalue weighted by Crippen LogP contribution is -2.15. The molecular formula is C14H12N6. The highest BCUT2D eigenvalue weighted by molar-refractivity contribution is 5.75. The molecule has 20 heavy (non-hydrogen) atoms. The number of benzene rings is 1. The van der Waals surface area contributed by atoms with Gasteiger partial charge < -0.3 is 15.0 Å². The molecule has 1 aromatic carbocycles. The number of hydrogen-bond donors (Lipinski definition) is 1. The molecule has 0 spiro atoms. The van der Waals surface area contributed by atoms with Crippen LogP contribution in [0.4, 0.5) is 17.3 Å². The van der Waals surface area contributed by atoms with E-state index in [1.54, 1.807) is 24.7 Å². The highest BCUT2D eigenvalue weighted by atomic mass is 15.2. The first-order valence-electron chi connectivity index (χ1n) is 6.03. The van der Waals surface area contributed by atoms with Crippen LogP contribution in [0.1, 0.15) is 5.56 Å². The second-order valence-electron chi connectivity index (χ2n) is 4.34. The number of nitrogens with zero attached hydrogens (tertiary/aromatic N) is 5. The number of nitriles is 1. The minimum atomic E-state index is 0.395. The summed E-state index contributed by atoms with van der Waals surface area (Å²) in [6.07, 6.45) is 5.20. The normalized spacial score (nSPS) is 10.4. The van der Waals surface area contributed by atoms with Crippen molar-refractivity contribution in [3.63, 3.8) is 0 Å². The average Bonchev–Trinajstić information content (AvgIpc) is 2.93. The molecule has 3 aromatic rings. The maximum absolute atomic E-state index is 9.20. The molecule has 0 aliphatic rings. The van der Waals surface area contributed by atoms with Crippen molar-refractivity contribution in [3.8, 4) is 6.07 Å². The van der Waals surface area contributed by atoms with Crippen LogP contribution >= 0.6 is 0 Å². The first-order chi connectivity index (χ1) is 9.70. The maximum atomic E-state index is 9.20. The van der Waals surface area contributed by atoms with E-state index in [9.17, 15) is 5.26 Å². The van der Waals surface area contributed by atoms with Gasteiger partial charge in [-0.15, -0.1) is 0 Å². The number of imidazole rings is 1. The molecule has 0 atom stereocenters. The van der Waals surface area contributed by atoms with Crippen molar-refractivity contribution in [2.24, 2.45) is 0 Å². The van der Waals surface area contributed by atoms with Gasteiger partial charge in [-0.1, -0.05) is 12.1 Å². The van der Waals surface area contributed by atoms with E-state index in [2.05, 4.69) is 16.0 Å². The first-order valence-corrected chi connectivity index (χ1v) is 6.03. The van der Waals surface area contributed by atoms with E-state index in [0.29, 0.717) is 22.8 Å². The minimum absolute atomic E-state index is 0.395. The summed E-state index contributed by atoms with van der Waals surface area (Å²) in [7, 11) is 1.84. The van der Waals surface area contributed by atoms with Crippen LogP contribution in [0, 0.1) is 11.3 Å². The number of fused-ring (bicyclic) bond motifs is 1. The Morgan fingerprint density at radius 2 is 2.15 bits per heavy atom. The number of nitrogen functional groups attached to an aromatic ring is 1. The largest absolute Gasteiger partial charge is 0.382 e. The molecule has 6 heteroatoms. The number of nitrogens with two attached hydrogens (primary N) is 1. The first kappa shape index (κ1) is 12.0. The van der Waals surface area contributed by atoms with E-state index >= 15 is 0 Å². The van der Waals surface area contributed by atoms with Crippen LogP contribution in [0.25, 0.3) is 5.65 Å². The Bertz CT molecular complexity index is 814. The zero-order chi connectivity index (χ0) is 14.1. The lowest BCUT2D eigenvalue weighted by Gasteiger charge is -2.20. The van der Waals surface area contributed by atoms with Crippen LogP contribution in [0.3, 0.4) is 0 Å². The van der Waals surface area contributed by atoms with Gasteiger partial charge in [-0.05, 0) is 12.1 Å². The van der Waals surface area contributed by atoms with Crippen molar-refractivity contribution in [2.75, 3.05) is 17.7 Å². The van der Waals surface area contributed by atoms with Gasteiger partial charge in [0.2, 0.25) is 0 Å². The third-order valence-corrected chi connectivity index (χ3v) is 3.08. The summed E-state index contributed by atoms with van der Waals surface area (Å²) in [6, 6.07) is 9.51. The van der Waals surface area contributed by atoms with Crippen LogP contribution in [-0.4, -0.2) is 21.4 Å². The number of aromatic nitrogens is 3. The maximum Gasteiger partial charge on any atom is 0.180 e. The highest BCUT2D eigenvalue weighted by Gasteiger charge is 2.15. The van der Waals surface area contributed by atoms with Gasteiger partial charge in [0.15, 0.2) is 11.5 Å². The Kier molecular flexibility index (Phi) is 2.73. The predicted octanol–water partition coefficient (Wildman–Crippen LogP) is 1.95. The molecule has 0 amide bonds. The van der Waals surface area contributed by atoms with Crippen molar-refractivity contribution in [3.05, 3.63) is 48.4 Å². The molecule has 0 aliphatic heterocycles. The van der Waals surface area contributed by atoms with E-state index in [-0.39, 0.29) is 0 Å². The fraction of sp³-hybridized carbons (Fsp3) is 0.0714. The Hall–Kier alpha value is -3.07. The van der Waals surface area contributed by atoms with Crippen LogP contribution in [-0.2, 0) is 0 Å². The number of hydrogen-bond acceptors (Lipinski definition) is 5. The zero-order valence-electron chi connectivity index (χ0n) is 10.9. The van der Waals surface area contributed by atoms with Gasteiger partial charge in [-0.2, -0.15) is 5.26 Å². The molecule has 6 nitrogen and oxygen atoms in total. The molecule has 0 saturated carbocycles. The van der Waals surface area contributed by atoms with Crippen molar-refractivity contribution in [1.82, 2.24) is 14.4 Å². The Balaban J connectivity index is 2.20. The Morgan fingerprint density at radius 1 is 1.35 bits per heavy atom. The SMILES string of the molecule is CN(c1ccccc1C#N)c1nc(N)cn2ccnc12. The lowest BCUT2D eigenvalue weighted by molar-refractivity contribution is 1.07. The van der Waals surface area contributed by atoms with Gasteiger partial charge in [-0.25, -0.2) is 9.97 Å². The van der Waals surface area contributed by atoms with Gasteiger partial charge in [0.25, 0.3) is 0 Å². The topological polar surface area (TPSA) is 83.2 Å². The smallest absolute Gasteiger partial charge is 0.180 e. The van der Waals surface area contributed by atoms with Crippen LogP contribution < -0.4 is 10.6 Å². The summed E-state index contributed by atoms with van der Waals surface area (Å²) in [4.78, 5) is 10.4. The van der Waals surface area contributed by atoms with E-state index in [1.807, 2.05) is 34.5 Å². The van der Waals surface area contributed by atoms with E-state index in [1.165, 1.54) is 0 Å².